The number of Topliss-reactive ketones (excluding diaryl/α,β-unsaturated/α-hetero) is 1. The van der Waals surface area contributed by atoms with Gasteiger partial charge in [0.15, 0.2) is 5.78 Å². The number of H-pyrrole nitrogens is 1. The van der Waals surface area contributed by atoms with Crippen LogP contribution in [0.5, 0.6) is 0 Å². The Kier molecular flexibility index (Phi) is 5.29. The van der Waals surface area contributed by atoms with Crippen LogP contribution in [0.4, 0.5) is 0 Å². The van der Waals surface area contributed by atoms with Crippen LogP contribution in [-0.2, 0) is 17.8 Å². The first-order valence-electron chi connectivity index (χ1n) is 8.62. The third-order valence-electron chi connectivity index (χ3n) is 4.24. The molecule has 0 fully saturated rings. The van der Waals surface area contributed by atoms with Crippen molar-refractivity contribution in [3.63, 3.8) is 0 Å². The molecule has 0 aliphatic rings. The van der Waals surface area contributed by atoms with Gasteiger partial charge in [-0.05, 0) is 23.6 Å². The zero-order chi connectivity index (χ0) is 17.6. The topological polar surface area (TPSA) is 62.0 Å². The molecule has 2 aromatic carbocycles. The Morgan fingerprint density at radius 1 is 1.00 bits per heavy atom. The number of para-hydroxylation sites is 1. The Balaban J connectivity index is 1.80. The Hall–Kier alpha value is -2.88. The maximum Gasteiger partial charge on any atom is 0.224 e. The molecule has 0 radical (unpaired) electrons. The first kappa shape index (κ1) is 17.0. The van der Waals surface area contributed by atoms with Gasteiger partial charge in [-0.25, -0.2) is 0 Å². The molecule has 4 heteroatoms. The summed E-state index contributed by atoms with van der Waals surface area (Å²) in [6.07, 6.45) is 1.46. The lowest BCUT2D eigenvalue weighted by Crippen LogP contribution is -2.25. The molecule has 0 spiro atoms. The molecule has 25 heavy (non-hydrogen) atoms. The van der Waals surface area contributed by atoms with E-state index in [9.17, 15) is 9.59 Å². The van der Waals surface area contributed by atoms with E-state index in [1.807, 2.05) is 61.5 Å². The van der Waals surface area contributed by atoms with Crippen LogP contribution in [0.25, 0.3) is 10.9 Å². The Bertz CT molecular complexity index is 881. The van der Waals surface area contributed by atoms with Crippen molar-refractivity contribution in [2.45, 2.75) is 32.7 Å². The van der Waals surface area contributed by atoms with Gasteiger partial charge in [-0.15, -0.1) is 0 Å². The third-order valence-corrected chi connectivity index (χ3v) is 4.24. The van der Waals surface area contributed by atoms with E-state index in [2.05, 4.69) is 10.3 Å². The number of carbonyl (C=O) groups is 2. The van der Waals surface area contributed by atoms with Crippen molar-refractivity contribution in [2.75, 3.05) is 0 Å². The van der Waals surface area contributed by atoms with Gasteiger partial charge in [0.1, 0.15) is 0 Å². The number of amides is 1. The average molecular weight is 334 g/mol. The number of benzene rings is 2. The second-order valence-electron chi connectivity index (χ2n) is 6.14. The molecular weight excluding hydrogens is 312 g/mol. The molecule has 1 heterocycles. The van der Waals surface area contributed by atoms with Gasteiger partial charge in [-0.2, -0.15) is 0 Å². The quantitative estimate of drug-likeness (QED) is 0.641. The smallest absolute Gasteiger partial charge is 0.224 e. The van der Waals surface area contributed by atoms with E-state index in [0.717, 1.165) is 28.5 Å². The van der Waals surface area contributed by atoms with Gasteiger partial charge in [0.05, 0.1) is 12.1 Å². The van der Waals surface area contributed by atoms with Gasteiger partial charge in [0.2, 0.25) is 5.91 Å². The van der Waals surface area contributed by atoms with Crippen LogP contribution < -0.4 is 5.32 Å². The summed E-state index contributed by atoms with van der Waals surface area (Å²) in [6, 6.07) is 17.5. The SMILES string of the molecule is CCCC(=O)c1[nH]c2ccccc2c1CC(=O)NCc1ccccc1. The van der Waals surface area contributed by atoms with Crippen molar-refractivity contribution in [2.24, 2.45) is 0 Å². The summed E-state index contributed by atoms with van der Waals surface area (Å²) >= 11 is 0. The predicted molar refractivity (Wildman–Crippen MR) is 99.5 cm³/mol. The van der Waals surface area contributed by atoms with Gasteiger partial charge >= 0.3 is 0 Å². The summed E-state index contributed by atoms with van der Waals surface area (Å²) in [5, 5.41) is 3.88. The van der Waals surface area contributed by atoms with Gasteiger partial charge in [0, 0.05) is 23.9 Å². The van der Waals surface area contributed by atoms with Crippen LogP contribution in [0.15, 0.2) is 54.6 Å². The first-order chi connectivity index (χ1) is 12.2. The lowest BCUT2D eigenvalue weighted by atomic mass is 10.0. The van der Waals surface area contributed by atoms with E-state index in [-0.39, 0.29) is 18.1 Å². The lowest BCUT2D eigenvalue weighted by molar-refractivity contribution is -0.120. The molecule has 2 N–H and O–H groups in total. The highest BCUT2D eigenvalue weighted by molar-refractivity contribution is 6.04. The van der Waals surface area contributed by atoms with Crippen molar-refractivity contribution >= 4 is 22.6 Å². The molecule has 3 rings (SSSR count). The minimum Gasteiger partial charge on any atom is -0.352 e. The van der Waals surface area contributed by atoms with Crippen LogP contribution in [0.1, 0.15) is 41.4 Å². The number of nitrogens with one attached hydrogen (secondary N) is 2. The van der Waals surface area contributed by atoms with E-state index in [1.54, 1.807) is 0 Å². The van der Waals surface area contributed by atoms with E-state index in [4.69, 9.17) is 0 Å². The minimum atomic E-state index is -0.0841. The molecule has 0 atom stereocenters. The van der Waals surface area contributed by atoms with Crippen LogP contribution in [0.3, 0.4) is 0 Å². The molecule has 0 saturated heterocycles. The number of aromatic amines is 1. The molecule has 1 aromatic heterocycles. The molecule has 4 nitrogen and oxygen atoms in total. The highest BCUT2D eigenvalue weighted by Gasteiger charge is 2.19. The largest absolute Gasteiger partial charge is 0.352 e. The lowest BCUT2D eigenvalue weighted by Gasteiger charge is -2.07. The van der Waals surface area contributed by atoms with Crippen molar-refractivity contribution < 1.29 is 9.59 Å². The summed E-state index contributed by atoms with van der Waals surface area (Å²) in [5.41, 5.74) is 3.31. The number of aromatic nitrogens is 1. The molecule has 0 aliphatic carbocycles. The Labute approximate surface area is 147 Å². The van der Waals surface area contributed by atoms with Crippen molar-refractivity contribution in [3.8, 4) is 0 Å². The molecule has 3 aromatic rings. The fraction of sp³-hybridized carbons (Fsp3) is 0.238. The highest BCUT2D eigenvalue weighted by Crippen LogP contribution is 2.24. The van der Waals surface area contributed by atoms with Crippen molar-refractivity contribution in [1.29, 1.82) is 0 Å². The zero-order valence-electron chi connectivity index (χ0n) is 14.3. The zero-order valence-corrected chi connectivity index (χ0v) is 14.3. The van der Waals surface area contributed by atoms with E-state index >= 15 is 0 Å². The molecule has 0 unspecified atom stereocenters. The Morgan fingerprint density at radius 2 is 1.72 bits per heavy atom. The molecule has 0 bridgehead atoms. The van der Waals surface area contributed by atoms with Crippen molar-refractivity contribution in [3.05, 3.63) is 71.4 Å². The molecule has 0 saturated carbocycles. The minimum absolute atomic E-state index is 0.0598. The number of hydrogen-bond donors (Lipinski definition) is 2. The standard InChI is InChI=1S/C21H22N2O2/c1-2-8-19(24)21-17(16-11-6-7-12-18(16)23-21)13-20(25)22-14-15-9-4-3-5-10-15/h3-7,9-12,23H,2,8,13-14H2,1H3,(H,22,25). The fourth-order valence-corrected chi connectivity index (χ4v) is 2.99. The first-order valence-corrected chi connectivity index (χ1v) is 8.62. The maximum absolute atomic E-state index is 12.4. The second-order valence-corrected chi connectivity index (χ2v) is 6.14. The summed E-state index contributed by atoms with van der Waals surface area (Å²) in [4.78, 5) is 28.1. The van der Waals surface area contributed by atoms with Crippen LogP contribution >= 0.6 is 0 Å². The van der Waals surface area contributed by atoms with E-state index in [0.29, 0.717) is 18.7 Å². The van der Waals surface area contributed by atoms with Crippen molar-refractivity contribution in [1.82, 2.24) is 10.3 Å². The van der Waals surface area contributed by atoms with Crippen LogP contribution in [-0.4, -0.2) is 16.7 Å². The number of fused-ring (bicyclic) bond motifs is 1. The summed E-state index contributed by atoms with van der Waals surface area (Å²) in [6.45, 7) is 2.47. The van der Waals surface area contributed by atoms with Gasteiger partial charge < -0.3 is 10.3 Å². The van der Waals surface area contributed by atoms with E-state index in [1.165, 1.54) is 0 Å². The summed E-state index contributed by atoms with van der Waals surface area (Å²) in [5.74, 6) is -0.0243. The molecule has 1 amide bonds. The average Bonchev–Trinajstić information content (AvgIpc) is 3.00. The predicted octanol–water partition coefficient (Wildman–Crippen LogP) is 4.01. The molecule has 128 valence electrons. The summed E-state index contributed by atoms with van der Waals surface area (Å²) in [7, 11) is 0. The monoisotopic (exact) mass is 334 g/mol. The van der Waals surface area contributed by atoms with Crippen LogP contribution in [0, 0.1) is 0 Å². The van der Waals surface area contributed by atoms with Crippen LogP contribution in [0.2, 0.25) is 0 Å². The van der Waals surface area contributed by atoms with Gasteiger partial charge in [-0.3, -0.25) is 9.59 Å². The van der Waals surface area contributed by atoms with Gasteiger partial charge in [0.25, 0.3) is 0 Å². The number of hydrogen-bond acceptors (Lipinski definition) is 2. The van der Waals surface area contributed by atoms with Gasteiger partial charge in [-0.1, -0.05) is 55.5 Å². The normalized spacial score (nSPS) is 10.8. The highest BCUT2D eigenvalue weighted by atomic mass is 16.1. The molecular formula is C21H22N2O2. The third kappa shape index (κ3) is 3.97. The second kappa shape index (κ2) is 7.79. The van der Waals surface area contributed by atoms with E-state index < -0.39 is 0 Å². The molecule has 0 aliphatic heterocycles. The number of ketones is 1. The summed E-state index contributed by atoms with van der Waals surface area (Å²) < 4.78 is 0. The number of carbonyl (C=O) groups excluding carboxylic acids is 2. The Morgan fingerprint density at radius 3 is 2.48 bits per heavy atom. The maximum atomic E-state index is 12.4. The fourth-order valence-electron chi connectivity index (χ4n) is 2.99. The number of rotatable bonds is 7.